The van der Waals surface area contributed by atoms with Crippen LogP contribution in [0.5, 0.6) is 0 Å². The van der Waals surface area contributed by atoms with Gasteiger partial charge in [0.2, 0.25) is 5.91 Å². The lowest BCUT2D eigenvalue weighted by Gasteiger charge is -2.37. The summed E-state index contributed by atoms with van der Waals surface area (Å²) < 4.78 is 5.86. The second-order valence-electron chi connectivity index (χ2n) is 7.64. The topological polar surface area (TPSA) is 75.6 Å². The molecule has 0 radical (unpaired) electrons. The van der Waals surface area contributed by atoms with E-state index in [2.05, 4.69) is 26.1 Å². The Balaban J connectivity index is 2.43. The molecule has 1 aliphatic carbocycles. The molecule has 128 valence electrons. The first kappa shape index (κ1) is 18.9. The molecule has 1 rings (SSSR count). The van der Waals surface area contributed by atoms with Crippen molar-refractivity contribution in [1.29, 1.82) is 0 Å². The fraction of sp³-hybridized carbons (Fsp3) is 0.882. The fourth-order valence-electron chi connectivity index (χ4n) is 2.94. The Bertz CT molecular complexity index is 392. The summed E-state index contributed by atoms with van der Waals surface area (Å²) >= 11 is 0. The van der Waals surface area contributed by atoms with Crippen LogP contribution in [-0.4, -0.2) is 36.2 Å². The number of carboxylic acids is 1. The molecule has 1 fully saturated rings. The zero-order chi connectivity index (χ0) is 16.9. The van der Waals surface area contributed by atoms with Gasteiger partial charge in [0.05, 0.1) is 11.5 Å². The van der Waals surface area contributed by atoms with Crippen molar-refractivity contribution in [2.24, 2.45) is 23.2 Å². The highest BCUT2D eigenvalue weighted by Crippen LogP contribution is 2.35. The number of carboxylic acid groups (broad SMARTS) is 1. The van der Waals surface area contributed by atoms with Crippen LogP contribution in [0.3, 0.4) is 0 Å². The molecule has 5 heteroatoms. The maximum atomic E-state index is 11.9. The lowest BCUT2D eigenvalue weighted by molar-refractivity contribution is -0.147. The molecule has 22 heavy (non-hydrogen) atoms. The average molecular weight is 313 g/mol. The van der Waals surface area contributed by atoms with E-state index in [9.17, 15) is 9.59 Å². The van der Waals surface area contributed by atoms with E-state index in [-0.39, 0.29) is 25.2 Å². The first-order chi connectivity index (χ1) is 10.1. The molecule has 2 N–H and O–H groups in total. The Morgan fingerprint density at radius 1 is 1.32 bits per heavy atom. The predicted molar refractivity (Wildman–Crippen MR) is 85.5 cm³/mol. The van der Waals surface area contributed by atoms with E-state index in [0.717, 1.165) is 12.8 Å². The van der Waals surface area contributed by atoms with E-state index in [4.69, 9.17) is 9.84 Å². The number of carbonyl (C=O) groups excluding carboxylic acids is 1. The third kappa shape index (κ3) is 5.59. The van der Waals surface area contributed by atoms with E-state index in [1.165, 1.54) is 6.42 Å². The minimum absolute atomic E-state index is 0.0102. The van der Waals surface area contributed by atoms with Gasteiger partial charge in [0.25, 0.3) is 0 Å². The number of hydrogen-bond acceptors (Lipinski definition) is 3. The average Bonchev–Trinajstić information content (AvgIpc) is 2.42. The third-order valence-electron chi connectivity index (χ3n) is 4.70. The molecule has 3 atom stereocenters. The maximum Gasteiger partial charge on any atom is 0.310 e. The van der Waals surface area contributed by atoms with Crippen molar-refractivity contribution in [2.75, 3.05) is 13.2 Å². The number of amides is 1. The molecule has 0 heterocycles. The molecule has 0 saturated heterocycles. The molecule has 1 amide bonds. The highest BCUT2D eigenvalue weighted by atomic mass is 16.5. The molecule has 5 nitrogen and oxygen atoms in total. The summed E-state index contributed by atoms with van der Waals surface area (Å²) in [6.07, 6.45) is 3.50. The number of nitrogens with one attached hydrogen (secondary N) is 1. The Hall–Kier alpha value is -1.10. The minimum Gasteiger partial charge on any atom is -0.481 e. The summed E-state index contributed by atoms with van der Waals surface area (Å²) in [5.74, 6) is 0.518. The Labute approximate surface area is 133 Å². The van der Waals surface area contributed by atoms with E-state index >= 15 is 0 Å². The molecular formula is C17H31NO4. The summed E-state index contributed by atoms with van der Waals surface area (Å²) in [7, 11) is 0. The summed E-state index contributed by atoms with van der Waals surface area (Å²) in [6.45, 7) is 9.93. The molecular weight excluding hydrogens is 282 g/mol. The van der Waals surface area contributed by atoms with Crippen LogP contribution in [0.4, 0.5) is 0 Å². The van der Waals surface area contributed by atoms with Crippen LogP contribution in [0.25, 0.3) is 0 Å². The molecule has 0 aromatic rings. The van der Waals surface area contributed by atoms with E-state index in [1.807, 2.05) is 0 Å². The van der Waals surface area contributed by atoms with Crippen LogP contribution in [0.1, 0.15) is 53.9 Å². The molecule has 1 aliphatic rings. The monoisotopic (exact) mass is 313 g/mol. The van der Waals surface area contributed by atoms with Gasteiger partial charge in [-0.1, -0.05) is 27.2 Å². The molecule has 0 aromatic heterocycles. The summed E-state index contributed by atoms with van der Waals surface area (Å²) in [5, 5.41) is 11.7. The second-order valence-corrected chi connectivity index (χ2v) is 7.64. The van der Waals surface area contributed by atoms with Crippen LogP contribution in [0.2, 0.25) is 0 Å². The van der Waals surface area contributed by atoms with Gasteiger partial charge in [-0.3, -0.25) is 9.59 Å². The largest absolute Gasteiger partial charge is 0.481 e. The SMILES string of the molecule is CC1CCC(C(C)C)C(OCC(=O)NCC(C)(C)C(=O)O)C1. The molecule has 3 unspecified atom stereocenters. The van der Waals surface area contributed by atoms with Gasteiger partial charge in [-0.2, -0.15) is 0 Å². The van der Waals surface area contributed by atoms with Crippen molar-refractivity contribution in [1.82, 2.24) is 5.32 Å². The Morgan fingerprint density at radius 2 is 1.95 bits per heavy atom. The van der Waals surface area contributed by atoms with Crippen LogP contribution >= 0.6 is 0 Å². The van der Waals surface area contributed by atoms with Crippen molar-refractivity contribution in [3.63, 3.8) is 0 Å². The quantitative estimate of drug-likeness (QED) is 0.757. The van der Waals surface area contributed by atoms with Gasteiger partial charge in [-0.05, 0) is 44.4 Å². The van der Waals surface area contributed by atoms with E-state index in [0.29, 0.717) is 17.8 Å². The predicted octanol–water partition coefficient (Wildman–Crippen LogP) is 2.69. The standard InChI is InChI=1S/C17H31NO4/c1-11(2)13-7-6-12(3)8-14(13)22-9-15(19)18-10-17(4,5)16(20)21/h11-14H,6-10H2,1-5H3,(H,18,19)(H,20,21). The molecule has 0 aliphatic heterocycles. The smallest absolute Gasteiger partial charge is 0.310 e. The maximum absolute atomic E-state index is 11.9. The van der Waals surface area contributed by atoms with Crippen LogP contribution < -0.4 is 5.32 Å². The van der Waals surface area contributed by atoms with E-state index in [1.54, 1.807) is 13.8 Å². The summed E-state index contributed by atoms with van der Waals surface area (Å²) in [5.41, 5.74) is -0.963. The van der Waals surface area contributed by atoms with Gasteiger partial charge in [0, 0.05) is 6.54 Å². The summed E-state index contributed by atoms with van der Waals surface area (Å²) in [4.78, 5) is 22.9. The van der Waals surface area contributed by atoms with Crippen LogP contribution in [-0.2, 0) is 14.3 Å². The van der Waals surface area contributed by atoms with Gasteiger partial charge in [-0.15, -0.1) is 0 Å². The zero-order valence-corrected chi connectivity index (χ0v) is 14.5. The van der Waals surface area contributed by atoms with E-state index < -0.39 is 11.4 Å². The lowest BCUT2D eigenvalue weighted by atomic mass is 9.75. The van der Waals surface area contributed by atoms with Gasteiger partial charge < -0.3 is 15.2 Å². The molecule has 0 aromatic carbocycles. The van der Waals surface area contributed by atoms with Crippen molar-refractivity contribution in [3.8, 4) is 0 Å². The first-order valence-corrected chi connectivity index (χ1v) is 8.25. The van der Waals surface area contributed by atoms with Crippen molar-refractivity contribution in [3.05, 3.63) is 0 Å². The van der Waals surface area contributed by atoms with Gasteiger partial charge >= 0.3 is 5.97 Å². The number of hydrogen-bond donors (Lipinski definition) is 2. The first-order valence-electron chi connectivity index (χ1n) is 8.25. The highest BCUT2D eigenvalue weighted by molar-refractivity contribution is 5.79. The zero-order valence-electron chi connectivity index (χ0n) is 14.5. The Kier molecular flexibility index (Phi) is 6.85. The number of ether oxygens (including phenoxy) is 1. The highest BCUT2D eigenvalue weighted by Gasteiger charge is 2.32. The van der Waals surface area contributed by atoms with Crippen molar-refractivity contribution in [2.45, 2.75) is 60.0 Å². The van der Waals surface area contributed by atoms with Crippen molar-refractivity contribution >= 4 is 11.9 Å². The fourth-order valence-corrected chi connectivity index (χ4v) is 2.94. The number of aliphatic carboxylic acids is 1. The van der Waals surface area contributed by atoms with Crippen LogP contribution in [0, 0.1) is 23.2 Å². The number of carbonyl (C=O) groups is 2. The lowest BCUT2D eigenvalue weighted by Crippen LogP contribution is -2.42. The van der Waals surface area contributed by atoms with Gasteiger partial charge in [-0.25, -0.2) is 0 Å². The Morgan fingerprint density at radius 3 is 2.50 bits per heavy atom. The van der Waals surface area contributed by atoms with Crippen LogP contribution in [0.15, 0.2) is 0 Å². The van der Waals surface area contributed by atoms with Crippen molar-refractivity contribution < 1.29 is 19.4 Å². The third-order valence-corrected chi connectivity index (χ3v) is 4.70. The minimum atomic E-state index is -0.963. The molecule has 0 spiro atoms. The second kappa shape index (κ2) is 7.95. The molecule has 1 saturated carbocycles. The summed E-state index contributed by atoms with van der Waals surface area (Å²) in [6, 6.07) is 0. The van der Waals surface area contributed by atoms with Gasteiger partial charge in [0.1, 0.15) is 6.61 Å². The normalized spacial score (nSPS) is 26.0. The molecule has 0 bridgehead atoms. The van der Waals surface area contributed by atoms with Gasteiger partial charge in [0.15, 0.2) is 0 Å². The number of rotatable bonds is 7.